The van der Waals surface area contributed by atoms with E-state index in [9.17, 15) is 9.18 Å². The van der Waals surface area contributed by atoms with E-state index in [0.29, 0.717) is 16.6 Å². The highest BCUT2D eigenvalue weighted by atomic mass is 32.2. The lowest BCUT2D eigenvalue weighted by Gasteiger charge is -2.14. The number of thioether (sulfide) groups is 1. The van der Waals surface area contributed by atoms with Crippen LogP contribution < -0.4 is 5.32 Å². The smallest absolute Gasteiger partial charge is 0.244 e. The van der Waals surface area contributed by atoms with Gasteiger partial charge in [-0.05, 0) is 54.3 Å². The van der Waals surface area contributed by atoms with Crippen LogP contribution in [0.1, 0.15) is 23.6 Å². The number of aryl methyl sites for hydroxylation is 2. The van der Waals surface area contributed by atoms with Gasteiger partial charge in [-0.15, -0.1) is 0 Å². The molecule has 2 heterocycles. The van der Waals surface area contributed by atoms with Gasteiger partial charge in [-0.3, -0.25) is 9.36 Å². The summed E-state index contributed by atoms with van der Waals surface area (Å²) in [6.45, 7) is 4.15. The van der Waals surface area contributed by atoms with Gasteiger partial charge in [0.25, 0.3) is 0 Å². The molecule has 2 aromatic carbocycles. The van der Waals surface area contributed by atoms with Crippen molar-refractivity contribution in [3.63, 3.8) is 0 Å². The normalized spacial score (nSPS) is 11.1. The first kappa shape index (κ1) is 21.1. The van der Waals surface area contributed by atoms with Gasteiger partial charge < -0.3 is 5.32 Å². The summed E-state index contributed by atoms with van der Waals surface area (Å²) >= 11 is 1.46. The first-order chi connectivity index (χ1) is 15.0. The molecule has 0 unspecified atom stereocenters. The molecular formula is C24H23FN4OS. The molecular weight excluding hydrogens is 411 g/mol. The monoisotopic (exact) mass is 434 g/mol. The van der Waals surface area contributed by atoms with E-state index >= 15 is 0 Å². The standard InChI is InChI=1S/C24H23FN4OS/c1-3-18-9-4-7-16(2)22(18)28-21(30)14-29-23-20(11-6-12-26-23)27-24(29)31-15-17-8-5-10-19(25)13-17/h4-13H,3,14-15H2,1-2H3,(H,28,30). The Bertz CT molecular complexity index is 1240. The van der Waals surface area contributed by atoms with E-state index in [0.717, 1.165) is 34.3 Å². The number of nitrogens with one attached hydrogen (secondary N) is 1. The molecule has 5 nitrogen and oxygen atoms in total. The van der Waals surface area contributed by atoms with Crippen LogP contribution >= 0.6 is 11.8 Å². The summed E-state index contributed by atoms with van der Waals surface area (Å²) in [6, 6.07) is 16.2. The van der Waals surface area contributed by atoms with Gasteiger partial charge in [0.1, 0.15) is 17.9 Å². The fourth-order valence-electron chi connectivity index (χ4n) is 3.49. The third-order valence-electron chi connectivity index (χ3n) is 5.03. The van der Waals surface area contributed by atoms with Crippen molar-refractivity contribution in [3.05, 3.63) is 83.3 Å². The maximum absolute atomic E-state index is 13.5. The maximum atomic E-state index is 13.5. The van der Waals surface area contributed by atoms with Crippen LogP contribution in [0.5, 0.6) is 0 Å². The zero-order chi connectivity index (χ0) is 21.8. The highest BCUT2D eigenvalue weighted by Crippen LogP contribution is 2.27. The molecule has 158 valence electrons. The number of hydrogen-bond acceptors (Lipinski definition) is 4. The number of carbonyl (C=O) groups excluding carboxylic acids is 1. The molecule has 0 saturated carbocycles. The van der Waals surface area contributed by atoms with Crippen LogP contribution in [0, 0.1) is 12.7 Å². The van der Waals surface area contributed by atoms with Crippen molar-refractivity contribution in [3.8, 4) is 0 Å². The molecule has 0 aliphatic heterocycles. The SMILES string of the molecule is CCc1cccc(C)c1NC(=O)Cn1c(SCc2cccc(F)c2)nc2cccnc21. The van der Waals surface area contributed by atoms with Crippen molar-refractivity contribution >= 4 is 34.5 Å². The number of pyridine rings is 1. The van der Waals surface area contributed by atoms with Crippen LogP contribution in [0.4, 0.5) is 10.1 Å². The van der Waals surface area contributed by atoms with Gasteiger partial charge in [-0.2, -0.15) is 0 Å². The van der Waals surface area contributed by atoms with Crippen molar-refractivity contribution < 1.29 is 9.18 Å². The number of para-hydroxylation sites is 1. The molecule has 31 heavy (non-hydrogen) atoms. The topological polar surface area (TPSA) is 59.8 Å². The van der Waals surface area contributed by atoms with Crippen LogP contribution in [-0.4, -0.2) is 20.4 Å². The van der Waals surface area contributed by atoms with Gasteiger partial charge in [-0.25, -0.2) is 14.4 Å². The number of benzene rings is 2. The van der Waals surface area contributed by atoms with Crippen molar-refractivity contribution in [2.45, 2.75) is 37.7 Å². The number of halogens is 1. The molecule has 0 saturated heterocycles. The van der Waals surface area contributed by atoms with Crippen molar-refractivity contribution in [2.24, 2.45) is 0 Å². The molecule has 0 spiro atoms. The van der Waals surface area contributed by atoms with E-state index in [1.54, 1.807) is 12.3 Å². The van der Waals surface area contributed by atoms with Crippen molar-refractivity contribution in [2.75, 3.05) is 5.32 Å². The molecule has 0 radical (unpaired) electrons. The highest BCUT2D eigenvalue weighted by molar-refractivity contribution is 7.98. The molecule has 0 fully saturated rings. The predicted molar refractivity (Wildman–Crippen MR) is 123 cm³/mol. The second-order valence-corrected chi connectivity index (χ2v) is 8.20. The Hall–Kier alpha value is -3.19. The quantitative estimate of drug-likeness (QED) is 0.397. The van der Waals surface area contributed by atoms with Gasteiger partial charge in [0.15, 0.2) is 10.8 Å². The second kappa shape index (κ2) is 9.31. The summed E-state index contributed by atoms with van der Waals surface area (Å²) in [5, 5.41) is 3.74. The molecule has 1 N–H and O–H groups in total. The lowest BCUT2D eigenvalue weighted by Crippen LogP contribution is -2.21. The molecule has 1 amide bonds. The number of anilines is 1. The fraction of sp³-hybridized carbons (Fsp3) is 0.208. The third kappa shape index (κ3) is 4.77. The number of nitrogens with zero attached hydrogens (tertiary/aromatic N) is 3. The summed E-state index contributed by atoms with van der Waals surface area (Å²) in [7, 11) is 0. The molecule has 0 aliphatic rings. The first-order valence-electron chi connectivity index (χ1n) is 10.1. The molecule has 0 aliphatic carbocycles. The second-order valence-electron chi connectivity index (χ2n) is 7.26. The summed E-state index contributed by atoms with van der Waals surface area (Å²) < 4.78 is 15.3. The minimum atomic E-state index is -0.266. The van der Waals surface area contributed by atoms with E-state index in [-0.39, 0.29) is 18.3 Å². The molecule has 0 atom stereocenters. The number of rotatable bonds is 7. The van der Waals surface area contributed by atoms with Gasteiger partial charge in [0.2, 0.25) is 5.91 Å². The van der Waals surface area contributed by atoms with E-state index in [1.807, 2.05) is 47.9 Å². The highest BCUT2D eigenvalue weighted by Gasteiger charge is 2.17. The van der Waals surface area contributed by atoms with E-state index in [1.165, 1.54) is 23.9 Å². The Balaban J connectivity index is 1.59. The molecule has 4 rings (SSSR count). The number of fused-ring (bicyclic) bond motifs is 1. The van der Waals surface area contributed by atoms with Gasteiger partial charge in [0, 0.05) is 17.6 Å². The summed E-state index contributed by atoms with van der Waals surface area (Å²) in [4.78, 5) is 22.0. The van der Waals surface area contributed by atoms with E-state index < -0.39 is 0 Å². The Morgan fingerprint density at radius 3 is 2.81 bits per heavy atom. The maximum Gasteiger partial charge on any atom is 0.244 e. The largest absolute Gasteiger partial charge is 0.324 e. The molecule has 2 aromatic heterocycles. The minimum absolute atomic E-state index is 0.0937. The summed E-state index contributed by atoms with van der Waals surface area (Å²) in [5.74, 6) is 0.139. The number of hydrogen-bond donors (Lipinski definition) is 1. The average Bonchev–Trinajstić information content (AvgIpc) is 3.11. The lowest BCUT2D eigenvalue weighted by molar-refractivity contribution is -0.116. The number of aromatic nitrogens is 3. The zero-order valence-corrected chi connectivity index (χ0v) is 18.2. The lowest BCUT2D eigenvalue weighted by atomic mass is 10.1. The average molecular weight is 435 g/mol. The fourth-order valence-corrected chi connectivity index (χ4v) is 4.43. The van der Waals surface area contributed by atoms with Crippen LogP contribution in [0.15, 0.2) is 66.0 Å². The Labute approximate surface area is 184 Å². The van der Waals surface area contributed by atoms with E-state index in [2.05, 4.69) is 22.2 Å². The minimum Gasteiger partial charge on any atom is -0.324 e. The van der Waals surface area contributed by atoms with Crippen LogP contribution in [0.25, 0.3) is 11.2 Å². The summed E-state index contributed by atoms with van der Waals surface area (Å²) in [6.07, 6.45) is 2.53. The van der Waals surface area contributed by atoms with Crippen LogP contribution in [0.3, 0.4) is 0 Å². The Morgan fingerprint density at radius 2 is 2.00 bits per heavy atom. The van der Waals surface area contributed by atoms with Gasteiger partial charge >= 0.3 is 0 Å². The van der Waals surface area contributed by atoms with Crippen LogP contribution in [0.2, 0.25) is 0 Å². The number of carbonyl (C=O) groups is 1. The number of amides is 1. The zero-order valence-electron chi connectivity index (χ0n) is 17.4. The molecule has 7 heteroatoms. The first-order valence-corrected chi connectivity index (χ1v) is 11.1. The van der Waals surface area contributed by atoms with E-state index in [4.69, 9.17) is 0 Å². The van der Waals surface area contributed by atoms with Crippen molar-refractivity contribution in [1.82, 2.24) is 14.5 Å². The van der Waals surface area contributed by atoms with Crippen LogP contribution in [-0.2, 0) is 23.5 Å². The number of imidazole rings is 1. The Kier molecular flexibility index (Phi) is 6.32. The van der Waals surface area contributed by atoms with Gasteiger partial charge in [0.05, 0.1) is 0 Å². The summed E-state index contributed by atoms with van der Waals surface area (Å²) in [5.41, 5.74) is 5.22. The predicted octanol–water partition coefficient (Wildman–Crippen LogP) is 5.37. The Morgan fingerprint density at radius 1 is 1.16 bits per heavy atom. The third-order valence-corrected chi connectivity index (χ3v) is 6.08. The van der Waals surface area contributed by atoms with Gasteiger partial charge in [-0.1, -0.05) is 49.0 Å². The molecule has 0 bridgehead atoms. The van der Waals surface area contributed by atoms with Crippen molar-refractivity contribution in [1.29, 1.82) is 0 Å². The molecule has 4 aromatic rings.